The molecule has 1 aromatic rings. The maximum atomic E-state index is 12.6. The van der Waals surface area contributed by atoms with Crippen LogP contribution in [0.1, 0.15) is 40.4 Å². The average Bonchev–Trinajstić information content (AvgIpc) is 2.35. The van der Waals surface area contributed by atoms with Gasteiger partial charge in [-0.2, -0.15) is 13.2 Å². The van der Waals surface area contributed by atoms with E-state index in [2.05, 4.69) is 9.72 Å². The lowest BCUT2D eigenvalue weighted by Crippen LogP contribution is -2.20. The second-order valence-corrected chi connectivity index (χ2v) is 4.10. The molecule has 7 heteroatoms. The highest BCUT2D eigenvalue weighted by Crippen LogP contribution is 2.29. The van der Waals surface area contributed by atoms with Crippen LogP contribution in [0.3, 0.4) is 0 Å². The summed E-state index contributed by atoms with van der Waals surface area (Å²) in [5, 5.41) is 0. The molecule has 1 aromatic heterocycles. The van der Waals surface area contributed by atoms with E-state index in [1.807, 2.05) is 0 Å². The van der Waals surface area contributed by atoms with Crippen LogP contribution in [0, 0.1) is 5.92 Å². The number of carbonyl (C=O) groups is 2. The van der Waals surface area contributed by atoms with Gasteiger partial charge in [0.15, 0.2) is 5.78 Å². The summed E-state index contributed by atoms with van der Waals surface area (Å²) in [6.45, 7) is 3.01. The Bertz CT molecular complexity index is 509. The van der Waals surface area contributed by atoms with Crippen molar-refractivity contribution >= 4 is 11.8 Å². The summed E-state index contributed by atoms with van der Waals surface area (Å²) in [7, 11) is 1.07. The lowest BCUT2D eigenvalue weighted by atomic mass is 10.0. The number of Topliss-reactive ketones (excluding diaryl/α,β-unsaturated/α-hetero) is 1. The second-order valence-electron chi connectivity index (χ2n) is 4.10. The SMILES string of the molecule is COC(=O)c1ccc(C(F)(F)F)nc1C(=O)C(C)C. The molecule has 0 fully saturated rings. The summed E-state index contributed by atoms with van der Waals surface area (Å²) in [6, 6.07) is 1.54. The molecular formula is C12H12F3NO3. The molecule has 0 unspecified atom stereocenters. The van der Waals surface area contributed by atoms with Gasteiger partial charge in [0.1, 0.15) is 11.4 Å². The number of carbonyl (C=O) groups excluding carboxylic acids is 2. The summed E-state index contributed by atoms with van der Waals surface area (Å²) >= 11 is 0. The number of alkyl halides is 3. The quantitative estimate of drug-likeness (QED) is 0.628. The van der Waals surface area contributed by atoms with E-state index in [1.165, 1.54) is 13.8 Å². The molecule has 0 spiro atoms. The van der Waals surface area contributed by atoms with Crippen LogP contribution in [0.15, 0.2) is 12.1 Å². The third-order valence-corrected chi connectivity index (χ3v) is 2.35. The van der Waals surface area contributed by atoms with Gasteiger partial charge < -0.3 is 4.74 Å². The van der Waals surface area contributed by atoms with Gasteiger partial charge in [-0.25, -0.2) is 9.78 Å². The van der Waals surface area contributed by atoms with E-state index < -0.39 is 35.2 Å². The van der Waals surface area contributed by atoms with Crippen molar-refractivity contribution in [3.63, 3.8) is 0 Å². The molecule has 4 nitrogen and oxygen atoms in total. The van der Waals surface area contributed by atoms with E-state index in [-0.39, 0.29) is 5.56 Å². The number of halogens is 3. The van der Waals surface area contributed by atoms with Gasteiger partial charge in [0.25, 0.3) is 0 Å². The number of nitrogens with zero attached hydrogens (tertiary/aromatic N) is 1. The first kappa shape index (κ1) is 15.1. The van der Waals surface area contributed by atoms with Crippen LogP contribution in [0.25, 0.3) is 0 Å². The molecular weight excluding hydrogens is 263 g/mol. The topological polar surface area (TPSA) is 56.3 Å². The van der Waals surface area contributed by atoms with Crippen molar-refractivity contribution in [1.29, 1.82) is 0 Å². The van der Waals surface area contributed by atoms with Crippen LogP contribution in [0.2, 0.25) is 0 Å². The average molecular weight is 275 g/mol. The van der Waals surface area contributed by atoms with Crippen LogP contribution >= 0.6 is 0 Å². The number of pyridine rings is 1. The van der Waals surface area contributed by atoms with Gasteiger partial charge in [-0.05, 0) is 12.1 Å². The summed E-state index contributed by atoms with van der Waals surface area (Å²) < 4.78 is 42.1. The number of hydrogen-bond donors (Lipinski definition) is 0. The van der Waals surface area contributed by atoms with Gasteiger partial charge in [-0.15, -0.1) is 0 Å². The molecule has 104 valence electrons. The third-order valence-electron chi connectivity index (χ3n) is 2.35. The predicted molar refractivity (Wildman–Crippen MR) is 59.7 cm³/mol. The van der Waals surface area contributed by atoms with Crippen molar-refractivity contribution in [2.75, 3.05) is 7.11 Å². The second kappa shape index (κ2) is 5.38. The molecule has 0 radical (unpaired) electrons. The number of aromatic nitrogens is 1. The highest BCUT2D eigenvalue weighted by Gasteiger charge is 2.34. The fourth-order valence-electron chi connectivity index (χ4n) is 1.35. The highest BCUT2D eigenvalue weighted by molar-refractivity contribution is 6.05. The zero-order valence-electron chi connectivity index (χ0n) is 10.5. The Balaban J connectivity index is 3.43. The summed E-state index contributed by atoms with van der Waals surface area (Å²) in [5.74, 6) is -2.13. The van der Waals surface area contributed by atoms with E-state index in [0.29, 0.717) is 6.07 Å². The van der Waals surface area contributed by atoms with E-state index in [4.69, 9.17) is 0 Å². The van der Waals surface area contributed by atoms with Crippen molar-refractivity contribution in [3.8, 4) is 0 Å². The number of rotatable bonds is 3. The Kier molecular flexibility index (Phi) is 4.28. The molecule has 0 saturated carbocycles. The first-order valence-electron chi connectivity index (χ1n) is 5.39. The minimum atomic E-state index is -4.68. The summed E-state index contributed by atoms with van der Waals surface area (Å²) in [4.78, 5) is 26.5. The number of ether oxygens (including phenoxy) is 1. The fourth-order valence-corrected chi connectivity index (χ4v) is 1.35. The zero-order valence-corrected chi connectivity index (χ0v) is 10.5. The highest BCUT2D eigenvalue weighted by atomic mass is 19.4. The molecule has 19 heavy (non-hydrogen) atoms. The van der Waals surface area contributed by atoms with Crippen molar-refractivity contribution in [2.24, 2.45) is 5.92 Å². The van der Waals surface area contributed by atoms with E-state index in [9.17, 15) is 22.8 Å². The van der Waals surface area contributed by atoms with E-state index in [0.717, 1.165) is 13.2 Å². The molecule has 0 aliphatic heterocycles. The molecule has 0 aliphatic rings. The minimum absolute atomic E-state index is 0.269. The van der Waals surface area contributed by atoms with E-state index in [1.54, 1.807) is 0 Å². The molecule has 0 saturated heterocycles. The number of esters is 1. The molecule has 0 N–H and O–H groups in total. The molecule has 0 amide bonds. The Morgan fingerprint density at radius 2 is 1.84 bits per heavy atom. The number of hydrogen-bond acceptors (Lipinski definition) is 4. The smallest absolute Gasteiger partial charge is 0.433 e. The van der Waals surface area contributed by atoms with Crippen LogP contribution < -0.4 is 0 Å². The Hall–Kier alpha value is -1.92. The van der Waals surface area contributed by atoms with Crippen molar-refractivity contribution in [3.05, 3.63) is 29.1 Å². The molecule has 1 heterocycles. The van der Waals surface area contributed by atoms with Gasteiger partial charge in [0.05, 0.1) is 12.7 Å². The lowest BCUT2D eigenvalue weighted by molar-refractivity contribution is -0.141. The number of methoxy groups -OCH3 is 1. The van der Waals surface area contributed by atoms with Crippen LogP contribution in [0.5, 0.6) is 0 Å². The minimum Gasteiger partial charge on any atom is -0.465 e. The first-order chi connectivity index (χ1) is 8.68. The van der Waals surface area contributed by atoms with Gasteiger partial charge in [0.2, 0.25) is 0 Å². The van der Waals surface area contributed by atoms with Crippen molar-refractivity contribution in [2.45, 2.75) is 20.0 Å². The monoisotopic (exact) mass is 275 g/mol. The maximum absolute atomic E-state index is 12.6. The summed E-state index contributed by atoms with van der Waals surface area (Å²) in [5.41, 5.74) is -2.00. The third kappa shape index (κ3) is 3.30. The first-order valence-corrected chi connectivity index (χ1v) is 5.39. The Morgan fingerprint density at radius 1 is 1.26 bits per heavy atom. The van der Waals surface area contributed by atoms with Crippen LogP contribution in [0.4, 0.5) is 13.2 Å². The van der Waals surface area contributed by atoms with Crippen molar-refractivity contribution in [1.82, 2.24) is 4.98 Å². The lowest BCUT2D eigenvalue weighted by Gasteiger charge is -2.12. The zero-order chi connectivity index (χ0) is 14.8. The number of ketones is 1. The van der Waals surface area contributed by atoms with Gasteiger partial charge in [-0.1, -0.05) is 13.8 Å². The van der Waals surface area contributed by atoms with E-state index >= 15 is 0 Å². The normalized spacial score (nSPS) is 11.5. The van der Waals surface area contributed by atoms with Gasteiger partial charge >= 0.3 is 12.1 Å². The Morgan fingerprint density at radius 3 is 2.26 bits per heavy atom. The summed E-state index contributed by atoms with van der Waals surface area (Å²) in [6.07, 6.45) is -4.68. The standard InChI is InChI=1S/C12H12F3NO3/c1-6(2)10(17)9-7(11(18)19-3)4-5-8(16-9)12(13,14)15/h4-6H,1-3H3. The molecule has 0 aliphatic carbocycles. The molecule has 0 aromatic carbocycles. The van der Waals surface area contributed by atoms with Crippen molar-refractivity contribution < 1.29 is 27.5 Å². The Labute approximate surface area is 107 Å². The molecule has 0 bridgehead atoms. The molecule has 1 rings (SSSR count). The van der Waals surface area contributed by atoms with Gasteiger partial charge in [-0.3, -0.25) is 4.79 Å². The largest absolute Gasteiger partial charge is 0.465 e. The predicted octanol–water partition coefficient (Wildman–Crippen LogP) is 2.73. The van der Waals surface area contributed by atoms with Gasteiger partial charge in [0, 0.05) is 5.92 Å². The molecule has 0 atom stereocenters. The maximum Gasteiger partial charge on any atom is 0.433 e. The van der Waals surface area contributed by atoms with Crippen LogP contribution in [-0.4, -0.2) is 23.8 Å². The van der Waals surface area contributed by atoms with Crippen LogP contribution in [-0.2, 0) is 10.9 Å². The fraction of sp³-hybridized carbons (Fsp3) is 0.417.